The van der Waals surface area contributed by atoms with Gasteiger partial charge in [0, 0.05) is 19.5 Å². The Kier molecular flexibility index (Phi) is 4.86. The van der Waals surface area contributed by atoms with E-state index >= 15 is 0 Å². The molecule has 11 heavy (non-hydrogen) atoms. The fraction of sp³-hybridized carbons (Fsp3) is 0.667. The number of hydrogen-bond donors (Lipinski definition) is 2. The fourth-order valence-corrected chi connectivity index (χ4v) is 0.929. The van der Waals surface area contributed by atoms with Crippen molar-refractivity contribution in [1.82, 2.24) is 5.32 Å². The first-order chi connectivity index (χ1) is 5.06. The third-order valence-corrected chi connectivity index (χ3v) is 1.78. The van der Waals surface area contributed by atoms with E-state index in [1.807, 2.05) is 0 Å². The Labute approximate surface area is 67.2 Å². The Bertz CT molecular complexity index is 227. The highest BCUT2D eigenvalue weighted by molar-refractivity contribution is 7.89. The Morgan fingerprint density at radius 1 is 1.45 bits per heavy atom. The number of nitrogens with one attached hydrogen (secondary N) is 1. The molecule has 0 saturated heterocycles. The van der Waals surface area contributed by atoms with Crippen LogP contribution in [0.2, 0.25) is 0 Å². The lowest BCUT2D eigenvalue weighted by Crippen LogP contribution is -2.27. The van der Waals surface area contributed by atoms with Crippen molar-refractivity contribution in [2.24, 2.45) is 5.14 Å². The van der Waals surface area contributed by atoms with Crippen LogP contribution in [0.3, 0.4) is 0 Å². The maximum absolute atomic E-state index is 10.4. The van der Waals surface area contributed by atoms with Crippen LogP contribution in [0.5, 0.6) is 0 Å². The largest absolute Gasteiger partial charge is 0.315 e. The lowest BCUT2D eigenvalue weighted by molar-refractivity contribution is 0.593. The van der Waals surface area contributed by atoms with Crippen LogP contribution < -0.4 is 10.5 Å². The zero-order valence-corrected chi connectivity index (χ0v) is 7.02. The number of primary sulfonamides is 1. The summed E-state index contributed by atoms with van der Waals surface area (Å²) in [7, 11) is -3.33. The van der Waals surface area contributed by atoms with Gasteiger partial charge in [0.1, 0.15) is 0 Å². The second-order valence-corrected chi connectivity index (χ2v) is 3.81. The molecule has 0 aliphatic heterocycles. The van der Waals surface area contributed by atoms with Gasteiger partial charge in [-0.1, -0.05) is 0 Å². The average molecular weight is 176 g/mol. The quantitative estimate of drug-likeness (QED) is 0.412. The minimum atomic E-state index is -3.33. The Balaban J connectivity index is 3.24. The molecule has 5 heteroatoms. The Morgan fingerprint density at radius 3 is 2.55 bits per heavy atom. The number of terminal acetylenes is 1. The van der Waals surface area contributed by atoms with Gasteiger partial charge in [-0.15, -0.1) is 12.3 Å². The maximum Gasteiger partial charge on any atom is 0.210 e. The van der Waals surface area contributed by atoms with Crippen molar-refractivity contribution in [2.75, 3.05) is 18.8 Å². The van der Waals surface area contributed by atoms with Gasteiger partial charge in [0.25, 0.3) is 0 Å². The maximum atomic E-state index is 10.4. The van der Waals surface area contributed by atoms with Crippen molar-refractivity contribution >= 4 is 10.0 Å². The molecule has 0 aromatic rings. The molecule has 0 fully saturated rings. The molecule has 3 N–H and O–H groups in total. The average Bonchev–Trinajstić information content (AvgIpc) is 1.85. The normalized spacial score (nSPS) is 10.9. The van der Waals surface area contributed by atoms with Crippen LogP contribution in [-0.2, 0) is 10.0 Å². The summed E-state index contributed by atoms with van der Waals surface area (Å²) < 4.78 is 20.7. The van der Waals surface area contributed by atoms with E-state index < -0.39 is 10.0 Å². The molecule has 0 radical (unpaired) electrons. The van der Waals surface area contributed by atoms with Gasteiger partial charge in [0.05, 0.1) is 5.75 Å². The zero-order chi connectivity index (χ0) is 8.74. The minimum absolute atomic E-state index is 0.0441. The lowest BCUT2D eigenvalue weighted by Gasteiger charge is -1.99. The van der Waals surface area contributed by atoms with Gasteiger partial charge in [-0.25, -0.2) is 13.6 Å². The monoisotopic (exact) mass is 176 g/mol. The molecule has 4 nitrogen and oxygen atoms in total. The number of nitrogens with two attached hydrogens (primary N) is 1. The van der Waals surface area contributed by atoms with E-state index in [2.05, 4.69) is 11.2 Å². The molecule has 0 aliphatic carbocycles. The van der Waals surface area contributed by atoms with E-state index in [1.54, 1.807) is 0 Å². The van der Waals surface area contributed by atoms with Crippen molar-refractivity contribution in [3.05, 3.63) is 0 Å². The zero-order valence-electron chi connectivity index (χ0n) is 6.21. The molecular formula is C6H12N2O2S. The minimum Gasteiger partial charge on any atom is -0.315 e. The van der Waals surface area contributed by atoms with Gasteiger partial charge < -0.3 is 5.32 Å². The lowest BCUT2D eigenvalue weighted by atomic mass is 10.4. The van der Waals surface area contributed by atoms with Crippen LogP contribution in [0.15, 0.2) is 0 Å². The number of sulfonamides is 1. The van der Waals surface area contributed by atoms with Crippen molar-refractivity contribution in [1.29, 1.82) is 0 Å². The fourth-order valence-electron chi connectivity index (χ4n) is 0.500. The Hall–Kier alpha value is -0.570. The van der Waals surface area contributed by atoms with Crippen LogP contribution in [0.4, 0.5) is 0 Å². The van der Waals surface area contributed by atoms with Gasteiger partial charge in [-0.3, -0.25) is 0 Å². The topological polar surface area (TPSA) is 72.2 Å². The molecule has 0 amide bonds. The molecule has 0 aromatic carbocycles. The van der Waals surface area contributed by atoms with Crippen LogP contribution in [0, 0.1) is 12.3 Å². The van der Waals surface area contributed by atoms with Gasteiger partial charge in [0.2, 0.25) is 10.0 Å². The van der Waals surface area contributed by atoms with Gasteiger partial charge >= 0.3 is 0 Å². The van der Waals surface area contributed by atoms with E-state index in [1.165, 1.54) is 0 Å². The smallest absolute Gasteiger partial charge is 0.210 e. The summed E-state index contributed by atoms with van der Waals surface area (Å²) in [5.74, 6) is 2.38. The highest BCUT2D eigenvalue weighted by Crippen LogP contribution is 1.75. The van der Waals surface area contributed by atoms with Gasteiger partial charge in [-0.2, -0.15) is 0 Å². The molecule has 0 aromatic heterocycles. The highest BCUT2D eigenvalue weighted by Gasteiger charge is 1.99. The molecule has 0 aliphatic rings. The molecule has 0 atom stereocenters. The van der Waals surface area contributed by atoms with E-state index in [9.17, 15) is 8.42 Å². The highest BCUT2D eigenvalue weighted by atomic mass is 32.2. The second-order valence-electron chi connectivity index (χ2n) is 2.07. The standard InChI is InChI=1S/C6H12N2O2S/c1-2-3-4-8-5-6-11(7,9)10/h1,8H,3-6H2,(H2,7,9,10). The SMILES string of the molecule is C#CCCNCCS(N)(=O)=O. The van der Waals surface area contributed by atoms with Crippen LogP contribution in [-0.4, -0.2) is 27.3 Å². The third kappa shape index (κ3) is 9.43. The molecule has 0 heterocycles. The third-order valence-electron chi connectivity index (χ3n) is 1.01. The molecule has 0 unspecified atom stereocenters. The molecular weight excluding hydrogens is 164 g/mol. The van der Waals surface area contributed by atoms with Crippen LogP contribution >= 0.6 is 0 Å². The molecule has 64 valence electrons. The molecule has 0 bridgehead atoms. The summed E-state index contributed by atoms with van der Waals surface area (Å²) in [6.45, 7) is 0.993. The van der Waals surface area contributed by atoms with E-state index in [-0.39, 0.29) is 5.75 Å². The predicted molar refractivity (Wildman–Crippen MR) is 44.3 cm³/mol. The van der Waals surface area contributed by atoms with E-state index in [0.717, 1.165) is 0 Å². The predicted octanol–water partition coefficient (Wildman–Crippen LogP) is -1.11. The second kappa shape index (κ2) is 5.13. The van der Waals surface area contributed by atoms with Crippen molar-refractivity contribution in [3.8, 4) is 12.3 Å². The van der Waals surface area contributed by atoms with E-state index in [0.29, 0.717) is 19.5 Å². The van der Waals surface area contributed by atoms with Gasteiger partial charge in [-0.05, 0) is 0 Å². The summed E-state index contributed by atoms with van der Waals surface area (Å²) in [6.07, 6.45) is 5.57. The van der Waals surface area contributed by atoms with Crippen LogP contribution in [0.1, 0.15) is 6.42 Å². The van der Waals surface area contributed by atoms with E-state index in [4.69, 9.17) is 11.6 Å². The molecule has 0 rings (SSSR count). The summed E-state index contributed by atoms with van der Waals surface area (Å²) >= 11 is 0. The van der Waals surface area contributed by atoms with Crippen LogP contribution in [0.25, 0.3) is 0 Å². The van der Waals surface area contributed by atoms with Crippen molar-refractivity contribution < 1.29 is 8.42 Å². The summed E-state index contributed by atoms with van der Waals surface area (Å²) in [4.78, 5) is 0. The molecule has 0 spiro atoms. The van der Waals surface area contributed by atoms with Crippen molar-refractivity contribution in [2.45, 2.75) is 6.42 Å². The first-order valence-corrected chi connectivity index (χ1v) is 4.92. The van der Waals surface area contributed by atoms with Crippen molar-refractivity contribution in [3.63, 3.8) is 0 Å². The summed E-state index contributed by atoms with van der Waals surface area (Å²) in [6, 6.07) is 0. The van der Waals surface area contributed by atoms with Gasteiger partial charge in [0.15, 0.2) is 0 Å². The Morgan fingerprint density at radius 2 is 2.09 bits per heavy atom. The first-order valence-electron chi connectivity index (χ1n) is 3.21. The summed E-state index contributed by atoms with van der Waals surface area (Å²) in [5.41, 5.74) is 0. The number of rotatable bonds is 5. The number of hydrogen-bond acceptors (Lipinski definition) is 3. The first kappa shape index (κ1) is 10.4. The molecule has 0 saturated carbocycles. The summed E-state index contributed by atoms with van der Waals surface area (Å²) in [5, 5.41) is 7.58.